The van der Waals surface area contributed by atoms with Gasteiger partial charge < -0.3 is 10.2 Å². The highest BCUT2D eigenvalue weighted by Crippen LogP contribution is 2.26. The third kappa shape index (κ3) is 7.96. The van der Waals surface area contributed by atoms with Crippen LogP contribution < -0.4 is 9.62 Å². The smallest absolute Gasteiger partial charge is 0.244 e. The number of carbonyl (C=O) groups excluding carboxylic acids is 2. The number of halogens is 4. The molecule has 36 heavy (non-hydrogen) atoms. The van der Waals surface area contributed by atoms with Crippen molar-refractivity contribution in [2.24, 2.45) is 0 Å². The van der Waals surface area contributed by atoms with Crippen LogP contribution >= 0.6 is 34.8 Å². The van der Waals surface area contributed by atoms with Gasteiger partial charge in [0.25, 0.3) is 0 Å². The average molecular weight is 581 g/mol. The Balaban J connectivity index is 2.48. The predicted molar refractivity (Wildman–Crippen MR) is 143 cm³/mol. The molecular formula is C24H29Cl3FN3O4S. The van der Waals surface area contributed by atoms with Gasteiger partial charge in [-0.25, -0.2) is 12.8 Å². The van der Waals surface area contributed by atoms with Gasteiger partial charge in [-0.3, -0.25) is 13.9 Å². The lowest BCUT2D eigenvalue weighted by Gasteiger charge is -2.33. The number of rotatable bonds is 11. The van der Waals surface area contributed by atoms with E-state index in [1.807, 2.05) is 13.8 Å². The van der Waals surface area contributed by atoms with Crippen molar-refractivity contribution in [2.45, 2.75) is 52.2 Å². The van der Waals surface area contributed by atoms with Crippen LogP contribution in [0.3, 0.4) is 0 Å². The van der Waals surface area contributed by atoms with E-state index in [2.05, 4.69) is 5.32 Å². The van der Waals surface area contributed by atoms with Crippen LogP contribution in [0.2, 0.25) is 15.1 Å². The molecule has 12 heteroatoms. The van der Waals surface area contributed by atoms with Gasteiger partial charge in [0, 0.05) is 12.6 Å². The summed E-state index contributed by atoms with van der Waals surface area (Å²) in [7, 11) is -3.97. The lowest BCUT2D eigenvalue weighted by atomic mass is 10.1. The highest BCUT2D eigenvalue weighted by molar-refractivity contribution is 7.92. The van der Waals surface area contributed by atoms with Gasteiger partial charge in [-0.1, -0.05) is 54.7 Å². The maximum absolute atomic E-state index is 13.7. The maximum Gasteiger partial charge on any atom is 0.244 e. The largest absolute Gasteiger partial charge is 0.352 e. The van der Waals surface area contributed by atoms with Crippen LogP contribution in [0, 0.1) is 5.82 Å². The van der Waals surface area contributed by atoms with Crippen LogP contribution in [0.1, 0.15) is 39.2 Å². The van der Waals surface area contributed by atoms with Gasteiger partial charge in [0.15, 0.2) is 0 Å². The first-order valence-electron chi connectivity index (χ1n) is 11.2. The van der Waals surface area contributed by atoms with Crippen molar-refractivity contribution in [1.29, 1.82) is 0 Å². The topological polar surface area (TPSA) is 86.8 Å². The second-order valence-electron chi connectivity index (χ2n) is 8.38. The lowest BCUT2D eigenvalue weighted by molar-refractivity contribution is -0.140. The number of carbonyl (C=O) groups is 2. The molecule has 1 N–H and O–H groups in total. The number of sulfonamides is 1. The first-order valence-corrected chi connectivity index (χ1v) is 14.2. The number of amides is 2. The predicted octanol–water partition coefficient (Wildman–Crippen LogP) is 5.27. The normalized spacial score (nSPS) is 13.1. The van der Waals surface area contributed by atoms with Gasteiger partial charge in [0.05, 0.1) is 27.0 Å². The van der Waals surface area contributed by atoms with Crippen molar-refractivity contribution in [2.75, 3.05) is 17.1 Å². The fourth-order valence-electron chi connectivity index (χ4n) is 3.45. The molecule has 7 nitrogen and oxygen atoms in total. The molecule has 0 radical (unpaired) electrons. The quantitative estimate of drug-likeness (QED) is 0.392. The van der Waals surface area contributed by atoms with Crippen molar-refractivity contribution in [3.8, 4) is 0 Å². The highest BCUT2D eigenvalue weighted by atomic mass is 35.5. The second-order valence-corrected chi connectivity index (χ2v) is 11.5. The van der Waals surface area contributed by atoms with Crippen molar-refractivity contribution >= 4 is 62.3 Å². The van der Waals surface area contributed by atoms with E-state index in [9.17, 15) is 22.4 Å². The first-order chi connectivity index (χ1) is 16.8. The van der Waals surface area contributed by atoms with Crippen LogP contribution in [0.25, 0.3) is 0 Å². The van der Waals surface area contributed by atoms with E-state index in [1.54, 1.807) is 25.1 Å². The zero-order chi connectivity index (χ0) is 27.2. The summed E-state index contributed by atoms with van der Waals surface area (Å²) in [6.07, 6.45) is 1.89. The minimum atomic E-state index is -3.97. The maximum atomic E-state index is 13.7. The highest BCUT2D eigenvalue weighted by Gasteiger charge is 2.32. The SMILES string of the molecule is CC[C@@H](C)NC(=O)[C@@H](CC)N(Cc1ccc(Cl)c(Cl)c1)C(=O)CN(c1ccc(F)c(Cl)c1)S(C)(=O)=O. The van der Waals surface area contributed by atoms with E-state index in [-0.39, 0.29) is 40.6 Å². The van der Waals surface area contributed by atoms with Crippen LogP contribution in [0.5, 0.6) is 0 Å². The van der Waals surface area contributed by atoms with Crippen LogP contribution in [0.4, 0.5) is 10.1 Å². The Morgan fingerprint density at radius 3 is 2.19 bits per heavy atom. The van der Waals surface area contributed by atoms with E-state index in [0.717, 1.165) is 22.7 Å². The number of hydrogen-bond acceptors (Lipinski definition) is 4. The van der Waals surface area contributed by atoms with E-state index in [4.69, 9.17) is 34.8 Å². The fourth-order valence-corrected chi connectivity index (χ4v) is 4.79. The lowest BCUT2D eigenvalue weighted by Crippen LogP contribution is -2.53. The van der Waals surface area contributed by atoms with Crippen molar-refractivity contribution in [3.05, 3.63) is 62.8 Å². The van der Waals surface area contributed by atoms with Crippen molar-refractivity contribution in [1.82, 2.24) is 10.2 Å². The fraction of sp³-hybridized carbons (Fsp3) is 0.417. The Kier molecular flexibility index (Phi) is 10.8. The van der Waals surface area contributed by atoms with E-state index < -0.39 is 34.3 Å². The molecule has 0 bridgehead atoms. The molecule has 2 aromatic rings. The molecule has 2 amide bonds. The summed E-state index contributed by atoms with van der Waals surface area (Å²) in [6.45, 7) is 4.87. The number of benzene rings is 2. The monoisotopic (exact) mass is 579 g/mol. The number of nitrogens with one attached hydrogen (secondary N) is 1. The molecule has 0 saturated heterocycles. The number of nitrogens with zero attached hydrogens (tertiary/aromatic N) is 2. The zero-order valence-electron chi connectivity index (χ0n) is 20.4. The van der Waals surface area contributed by atoms with Gasteiger partial charge in [0.2, 0.25) is 21.8 Å². The molecule has 0 aliphatic rings. The third-order valence-corrected chi connectivity index (χ3v) is 7.76. The Bertz CT molecular complexity index is 1210. The first kappa shape index (κ1) is 30.2. The summed E-state index contributed by atoms with van der Waals surface area (Å²) < 4.78 is 39.7. The Hall–Kier alpha value is -2.07. The summed E-state index contributed by atoms with van der Waals surface area (Å²) in [4.78, 5) is 28.0. The van der Waals surface area contributed by atoms with Crippen molar-refractivity contribution in [3.63, 3.8) is 0 Å². The van der Waals surface area contributed by atoms with Gasteiger partial charge in [0.1, 0.15) is 18.4 Å². The summed E-state index contributed by atoms with van der Waals surface area (Å²) in [6, 6.07) is 7.17. The van der Waals surface area contributed by atoms with E-state index in [0.29, 0.717) is 17.0 Å². The molecule has 2 aromatic carbocycles. The van der Waals surface area contributed by atoms with Gasteiger partial charge >= 0.3 is 0 Å². The zero-order valence-corrected chi connectivity index (χ0v) is 23.5. The van der Waals surface area contributed by atoms with Gasteiger partial charge in [-0.15, -0.1) is 0 Å². The number of anilines is 1. The molecule has 0 spiro atoms. The Labute approximate surface area is 226 Å². The Morgan fingerprint density at radius 1 is 1.00 bits per heavy atom. The third-order valence-electron chi connectivity index (χ3n) is 5.59. The molecule has 0 aliphatic carbocycles. The van der Waals surface area contributed by atoms with Crippen LogP contribution in [-0.2, 0) is 26.2 Å². The minimum Gasteiger partial charge on any atom is -0.352 e. The van der Waals surface area contributed by atoms with Crippen molar-refractivity contribution < 1.29 is 22.4 Å². The standard InChI is InChI=1S/C24H29Cl3FN3O4S/c1-5-15(3)29-24(33)22(6-2)30(13-16-7-9-18(25)19(26)11-16)23(32)14-31(36(4,34)35)17-8-10-21(28)20(27)12-17/h7-12,15,22H,5-6,13-14H2,1-4H3,(H,29,33)/t15-,22-/m1/s1. The summed E-state index contributed by atoms with van der Waals surface area (Å²) in [5, 5.41) is 3.19. The van der Waals surface area contributed by atoms with Crippen LogP contribution in [0.15, 0.2) is 36.4 Å². The van der Waals surface area contributed by atoms with Gasteiger partial charge in [-0.05, 0) is 55.7 Å². The second kappa shape index (κ2) is 12.9. The molecule has 198 valence electrons. The molecule has 0 unspecified atom stereocenters. The Morgan fingerprint density at radius 2 is 1.67 bits per heavy atom. The van der Waals surface area contributed by atoms with Crippen LogP contribution in [-0.4, -0.2) is 50.0 Å². The number of hydrogen-bond donors (Lipinski definition) is 1. The average Bonchev–Trinajstić information content (AvgIpc) is 2.80. The summed E-state index contributed by atoms with van der Waals surface area (Å²) in [5.74, 6) is -1.73. The molecule has 0 saturated carbocycles. The van der Waals surface area contributed by atoms with E-state index in [1.165, 1.54) is 11.0 Å². The molecular weight excluding hydrogens is 552 g/mol. The van der Waals surface area contributed by atoms with Gasteiger partial charge in [-0.2, -0.15) is 0 Å². The molecule has 0 heterocycles. The summed E-state index contributed by atoms with van der Waals surface area (Å²) >= 11 is 18.0. The minimum absolute atomic E-state index is 0.0174. The molecule has 2 rings (SSSR count). The molecule has 0 aromatic heterocycles. The van der Waals surface area contributed by atoms with E-state index >= 15 is 0 Å². The summed E-state index contributed by atoms with van der Waals surface area (Å²) in [5.41, 5.74) is 0.618. The molecule has 0 aliphatic heterocycles. The molecule has 2 atom stereocenters. The molecule has 0 fully saturated rings.